The third kappa shape index (κ3) is 4.91. The Morgan fingerprint density at radius 2 is 1.93 bits per heavy atom. The molecule has 2 N–H and O–H groups in total. The number of piperidine rings is 1. The predicted molar refractivity (Wildman–Crippen MR) is 110 cm³/mol. The van der Waals surface area contributed by atoms with Crippen LogP contribution in [0.3, 0.4) is 0 Å². The first kappa shape index (κ1) is 20.8. The molecule has 0 aliphatic carbocycles. The standard InChI is InChI=1S/C19H25N3O4S2/c1-14(19(23)20-16-6-3-4-7-17(16)26-2)22-11-9-15(10-12-22)21-28(24,25)18-8-5-13-27-18/h3-8,13-15,21H,9-12H2,1-2H3,(H,20,23). The van der Waals surface area contributed by atoms with E-state index in [0.717, 1.165) is 0 Å². The molecule has 2 heterocycles. The molecule has 0 spiro atoms. The first-order valence-electron chi connectivity index (χ1n) is 9.14. The molecular weight excluding hydrogens is 398 g/mol. The van der Waals surface area contributed by atoms with Gasteiger partial charge in [-0.3, -0.25) is 9.69 Å². The summed E-state index contributed by atoms with van der Waals surface area (Å²) in [6, 6.07) is 10.2. The monoisotopic (exact) mass is 423 g/mol. The van der Waals surface area contributed by atoms with Crippen LogP contribution in [-0.4, -0.2) is 51.5 Å². The molecule has 0 saturated carbocycles. The fourth-order valence-corrected chi connectivity index (χ4v) is 5.56. The number of thiophene rings is 1. The summed E-state index contributed by atoms with van der Waals surface area (Å²) < 4.78 is 33.1. The minimum atomic E-state index is -3.46. The fourth-order valence-electron chi connectivity index (χ4n) is 3.25. The van der Waals surface area contributed by atoms with Gasteiger partial charge in [0, 0.05) is 19.1 Å². The number of benzene rings is 1. The number of nitrogens with one attached hydrogen (secondary N) is 2. The van der Waals surface area contributed by atoms with Crippen LogP contribution in [0.15, 0.2) is 46.0 Å². The quantitative estimate of drug-likeness (QED) is 0.715. The highest BCUT2D eigenvalue weighted by atomic mass is 32.2. The van der Waals surface area contributed by atoms with Crippen molar-refractivity contribution in [2.75, 3.05) is 25.5 Å². The van der Waals surface area contributed by atoms with Crippen molar-refractivity contribution in [3.8, 4) is 5.75 Å². The average Bonchev–Trinajstić information content (AvgIpc) is 3.24. The van der Waals surface area contributed by atoms with Gasteiger partial charge in [0.1, 0.15) is 9.96 Å². The second-order valence-corrected chi connectivity index (χ2v) is 9.62. The van der Waals surface area contributed by atoms with E-state index in [1.54, 1.807) is 36.8 Å². The Hall–Kier alpha value is -1.94. The Bertz CT molecular complexity index is 892. The smallest absolute Gasteiger partial charge is 0.250 e. The lowest BCUT2D eigenvalue weighted by atomic mass is 10.0. The summed E-state index contributed by atoms with van der Waals surface area (Å²) >= 11 is 1.21. The maximum Gasteiger partial charge on any atom is 0.250 e. The largest absolute Gasteiger partial charge is 0.495 e. The van der Waals surface area contributed by atoms with Gasteiger partial charge in [0.15, 0.2) is 0 Å². The second-order valence-electron chi connectivity index (χ2n) is 6.73. The van der Waals surface area contributed by atoms with Gasteiger partial charge in [-0.05, 0) is 43.3 Å². The highest BCUT2D eigenvalue weighted by Crippen LogP contribution is 2.24. The molecule has 2 aromatic rings. The number of nitrogens with zero attached hydrogens (tertiary/aromatic N) is 1. The fraction of sp³-hybridized carbons (Fsp3) is 0.421. The number of carbonyl (C=O) groups excluding carboxylic acids is 1. The lowest BCUT2D eigenvalue weighted by Crippen LogP contribution is -2.50. The van der Waals surface area contributed by atoms with Crippen molar-refractivity contribution >= 4 is 33.0 Å². The molecule has 1 aromatic carbocycles. The first-order valence-corrected chi connectivity index (χ1v) is 11.5. The van der Waals surface area contributed by atoms with E-state index in [-0.39, 0.29) is 18.0 Å². The molecule has 1 unspecified atom stereocenters. The van der Waals surface area contributed by atoms with Crippen molar-refractivity contribution in [2.45, 2.75) is 36.1 Å². The van der Waals surface area contributed by atoms with Crippen LogP contribution < -0.4 is 14.8 Å². The lowest BCUT2D eigenvalue weighted by molar-refractivity contribution is -0.121. The molecule has 1 atom stereocenters. The maximum atomic E-state index is 12.6. The molecule has 7 nitrogen and oxygen atoms in total. The van der Waals surface area contributed by atoms with Crippen LogP contribution in [0.25, 0.3) is 0 Å². The Morgan fingerprint density at radius 1 is 1.21 bits per heavy atom. The maximum absolute atomic E-state index is 12.6. The minimum absolute atomic E-state index is 0.109. The molecule has 1 fully saturated rings. The van der Waals surface area contributed by atoms with E-state index >= 15 is 0 Å². The summed E-state index contributed by atoms with van der Waals surface area (Å²) in [5.41, 5.74) is 0.639. The van der Waals surface area contributed by atoms with E-state index in [1.807, 2.05) is 19.1 Å². The Kier molecular flexibility index (Phi) is 6.71. The molecule has 1 aliphatic rings. The molecule has 1 saturated heterocycles. The molecule has 0 bridgehead atoms. The number of hydrogen-bond donors (Lipinski definition) is 2. The van der Waals surface area contributed by atoms with Gasteiger partial charge in [-0.1, -0.05) is 18.2 Å². The molecule has 1 aliphatic heterocycles. The number of amides is 1. The predicted octanol–water partition coefficient (Wildman–Crippen LogP) is 2.53. The topological polar surface area (TPSA) is 87.7 Å². The van der Waals surface area contributed by atoms with Crippen molar-refractivity contribution in [3.63, 3.8) is 0 Å². The average molecular weight is 424 g/mol. The first-order chi connectivity index (χ1) is 13.4. The number of sulfonamides is 1. The highest BCUT2D eigenvalue weighted by Gasteiger charge is 2.29. The van der Waals surface area contributed by atoms with Crippen molar-refractivity contribution < 1.29 is 17.9 Å². The Balaban J connectivity index is 1.53. The van der Waals surface area contributed by atoms with Crippen LogP contribution in [-0.2, 0) is 14.8 Å². The van der Waals surface area contributed by atoms with Crippen LogP contribution in [0.2, 0.25) is 0 Å². The number of ether oxygens (including phenoxy) is 1. The molecular formula is C19H25N3O4S2. The van der Waals surface area contributed by atoms with Crippen LogP contribution in [0.1, 0.15) is 19.8 Å². The van der Waals surface area contributed by atoms with Gasteiger partial charge in [-0.25, -0.2) is 13.1 Å². The minimum Gasteiger partial charge on any atom is -0.495 e. The van der Waals surface area contributed by atoms with Crippen LogP contribution in [0, 0.1) is 0 Å². The van der Waals surface area contributed by atoms with Crippen LogP contribution >= 0.6 is 11.3 Å². The van der Waals surface area contributed by atoms with Crippen molar-refractivity contribution in [3.05, 3.63) is 41.8 Å². The van der Waals surface area contributed by atoms with E-state index in [4.69, 9.17) is 4.74 Å². The third-order valence-corrected chi connectivity index (χ3v) is 7.82. The van der Waals surface area contributed by atoms with E-state index < -0.39 is 10.0 Å². The van der Waals surface area contributed by atoms with Crippen molar-refractivity contribution in [2.24, 2.45) is 0 Å². The molecule has 0 radical (unpaired) electrons. The molecule has 1 aromatic heterocycles. The number of para-hydroxylation sites is 2. The number of carbonyl (C=O) groups is 1. The number of methoxy groups -OCH3 is 1. The number of rotatable bonds is 7. The van der Waals surface area contributed by atoms with Gasteiger partial charge < -0.3 is 10.1 Å². The zero-order valence-electron chi connectivity index (χ0n) is 15.9. The van der Waals surface area contributed by atoms with Crippen LogP contribution in [0.5, 0.6) is 5.75 Å². The number of likely N-dealkylation sites (tertiary alicyclic amines) is 1. The molecule has 152 valence electrons. The van der Waals surface area contributed by atoms with Crippen molar-refractivity contribution in [1.29, 1.82) is 0 Å². The third-order valence-electron chi connectivity index (χ3n) is 4.90. The highest BCUT2D eigenvalue weighted by molar-refractivity contribution is 7.91. The van der Waals surface area contributed by atoms with E-state index in [0.29, 0.717) is 41.6 Å². The Morgan fingerprint density at radius 3 is 2.57 bits per heavy atom. The van der Waals surface area contributed by atoms with Gasteiger partial charge >= 0.3 is 0 Å². The zero-order chi connectivity index (χ0) is 20.1. The summed E-state index contributed by atoms with van der Waals surface area (Å²) in [6.45, 7) is 3.16. The van der Waals surface area contributed by atoms with Crippen LogP contribution in [0.4, 0.5) is 5.69 Å². The molecule has 9 heteroatoms. The van der Waals surface area contributed by atoms with E-state index in [9.17, 15) is 13.2 Å². The van der Waals surface area contributed by atoms with Gasteiger partial charge in [0.05, 0.1) is 18.8 Å². The lowest BCUT2D eigenvalue weighted by Gasteiger charge is -2.35. The van der Waals surface area contributed by atoms with Gasteiger partial charge in [-0.2, -0.15) is 0 Å². The molecule has 1 amide bonds. The number of hydrogen-bond acceptors (Lipinski definition) is 6. The van der Waals surface area contributed by atoms with Gasteiger partial charge in [0.2, 0.25) is 15.9 Å². The summed E-state index contributed by atoms with van der Waals surface area (Å²) in [7, 11) is -1.90. The second kappa shape index (κ2) is 9.04. The van der Waals surface area contributed by atoms with Crippen molar-refractivity contribution in [1.82, 2.24) is 9.62 Å². The summed E-state index contributed by atoms with van der Waals surface area (Å²) in [6.07, 6.45) is 1.33. The molecule has 28 heavy (non-hydrogen) atoms. The Labute approximate surface area is 169 Å². The van der Waals surface area contributed by atoms with E-state index in [2.05, 4.69) is 14.9 Å². The normalized spacial score (nSPS) is 17.2. The summed E-state index contributed by atoms with van der Waals surface area (Å²) in [5.74, 6) is 0.506. The van der Waals surface area contributed by atoms with E-state index in [1.165, 1.54) is 11.3 Å². The summed E-state index contributed by atoms with van der Waals surface area (Å²) in [5, 5.41) is 4.66. The van der Waals surface area contributed by atoms with Gasteiger partial charge in [0.25, 0.3) is 0 Å². The number of anilines is 1. The summed E-state index contributed by atoms with van der Waals surface area (Å²) in [4.78, 5) is 14.7. The zero-order valence-corrected chi connectivity index (χ0v) is 17.6. The SMILES string of the molecule is COc1ccccc1NC(=O)C(C)N1CCC(NS(=O)(=O)c2cccs2)CC1. The van der Waals surface area contributed by atoms with Gasteiger partial charge in [-0.15, -0.1) is 11.3 Å². The molecule has 3 rings (SSSR count).